The quantitative estimate of drug-likeness (QED) is 0.882. The molecule has 2 atom stereocenters. The van der Waals surface area contributed by atoms with Gasteiger partial charge in [0.15, 0.2) is 0 Å². The average molecular weight is 247 g/mol. The van der Waals surface area contributed by atoms with E-state index in [1.54, 1.807) is 12.4 Å². The molecule has 1 aliphatic rings. The van der Waals surface area contributed by atoms with Gasteiger partial charge < -0.3 is 5.11 Å². The second-order valence-corrected chi connectivity index (χ2v) is 5.13. The third-order valence-corrected chi connectivity index (χ3v) is 4.02. The first kappa shape index (κ1) is 10.8. The van der Waals surface area contributed by atoms with Crippen molar-refractivity contribution < 1.29 is 5.11 Å². The SMILES string of the molecule is OC(c1cnns1)C1CCCc2cccnc21. The highest BCUT2D eigenvalue weighted by atomic mass is 32.1. The van der Waals surface area contributed by atoms with Crippen molar-refractivity contribution in [3.05, 3.63) is 40.7 Å². The minimum absolute atomic E-state index is 0.0854. The van der Waals surface area contributed by atoms with Gasteiger partial charge in [-0.25, -0.2) is 0 Å². The lowest BCUT2D eigenvalue weighted by Gasteiger charge is -2.27. The maximum absolute atomic E-state index is 10.4. The average Bonchev–Trinajstić information content (AvgIpc) is 2.91. The fraction of sp³-hybridized carbons (Fsp3) is 0.417. The van der Waals surface area contributed by atoms with Crippen LogP contribution in [0.5, 0.6) is 0 Å². The largest absolute Gasteiger partial charge is 0.387 e. The van der Waals surface area contributed by atoms with E-state index in [2.05, 4.69) is 20.6 Å². The number of hydrogen-bond donors (Lipinski definition) is 1. The molecule has 0 spiro atoms. The molecule has 1 N–H and O–H groups in total. The van der Waals surface area contributed by atoms with Crippen LogP contribution in [0.25, 0.3) is 0 Å². The molecule has 3 rings (SSSR count). The van der Waals surface area contributed by atoms with Gasteiger partial charge in [0, 0.05) is 17.8 Å². The molecular formula is C12H13N3OS. The summed E-state index contributed by atoms with van der Waals surface area (Å²) >= 11 is 1.26. The van der Waals surface area contributed by atoms with E-state index >= 15 is 0 Å². The molecule has 0 aromatic carbocycles. The molecule has 4 nitrogen and oxygen atoms in total. The van der Waals surface area contributed by atoms with E-state index in [-0.39, 0.29) is 5.92 Å². The number of aryl methyl sites for hydroxylation is 1. The number of aliphatic hydroxyl groups is 1. The summed E-state index contributed by atoms with van der Waals surface area (Å²) in [4.78, 5) is 5.26. The molecule has 2 aromatic rings. The summed E-state index contributed by atoms with van der Waals surface area (Å²) < 4.78 is 3.81. The topological polar surface area (TPSA) is 58.9 Å². The first-order valence-electron chi connectivity index (χ1n) is 5.75. The van der Waals surface area contributed by atoms with Crippen molar-refractivity contribution in [3.8, 4) is 0 Å². The zero-order valence-electron chi connectivity index (χ0n) is 9.28. The van der Waals surface area contributed by atoms with E-state index in [9.17, 15) is 5.11 Å². The Bertz CT molecular complexity index is 500. The lowest BCUT2D eigenvalue weighted by Crippen LogP contribution is -2.18. The number of rotatable bonds is 2. The molecule has 2 aromatic heterocycles. The Labute approximate surface area is 104 Å². The molecule has 88 valence electrons. The lowest BCUT2D eigenvalue weighted by atomic mass is 9.83. The molecule has 0 saturated carbocycles. The molecule has 0 aliphatic heterocycles. The van der Waals surface area contributed by atoms with Crippen molar-refractivity contribution >= 4 is 11.5 Å². The van der Waals surface area contributed by atoms with E-state index < -0.39 is 6.10 Å². The highest BCUT2D eigenvalue weighted by molar-refractivity contribution is 7.05. The van der Waals surface area contributed by atoms with Crippen LogP contribution < -0.4 is 0 Å². The van der Waals surface area contributed by atoms with Crippen molar-refractivity contribution in [1.82, 2.24) is 14.6 Å². The van der Waals surface area contributed by atoms with Gasteiger partial charge in [-0.05, 0) is 42.4 Å². The number of aliphatic hydroxyl groups excluding tert-OH is 1. The smallest absolute Gasteiger partial charge is 0.0997 e. The van der Waals surface area contributed by atoms with Crippen LogP contribution in [-0.2, 0) is 6.42 Å². The molecule has 2 heterocycles. The van der Waals surface area contributed by atoms with Crippen LogP contribution in [0.3, 0.4) is 0 Å². The summed E-state index contributed by atoms with van der Waals surface area (Å²) in [6.07, 6.45) is 6.06. The predicted molar refractivity (Wildman–Crippen MR) is 64.8 cm³/mol. The number of nitrogens with zero attached hydrogens (tertiary/aromatic N) is 3. The molecule has 5 heteroatoms. The number of fused-ring (bicyclic) bond motifs is 1. The molecular weight excluding hydrogens is 234 g/mol. The summed E-state index contributed by atoms with van der Waals surface area (Å²) in [6, 6.07) is 4.06. The highest BCUT2D eigenvalue weighted by Crippen LogP contribution is 2.39. The Morgan fingerprint density at radius 2 is 2.41 bits per heavy atom. The minimum atomic E-state index is -0.524. The zero-order valence-corrected chi connectivity index (χ0v) is 10.1. The Hall–Kier alpha value is -1.33. The van der Waals surface area contributed by atoms with Gasteiger partial charge in [0.1, 0.15) is 0 Å². The lowest BCUT2D eigenvalue weighted by molar-refractivity contribution is 0.137. The predicted octanol–water partition coefficient (Wildman–Crippen LogP) is 2.09. The fourth-order valence-corrected chi connectivity index (χ4v) is 3.01. The van der Waals surface area contributed by atoms with Crippen LogP contribution in [0.4, 0.5) is 0 Å². The van der Waals surface area contributed by atoms with Gasteiger partial charge >= 0.3 is 0 Å². The van der Waals surface area contributed by atoms with E-state index in [1.165, 1.54) is 17.1 Å². The molecule has 17 heavy (non-hydrogen) atoms. The van der Waals surface area contributed by atoms with Crippen molar-refractivity contribution in [3.63, 3.8) is 0 Å². The van der Waals surface area contributed by atoms with E-state index in [0.29, 0.717) is 0 Å². The van der Waals surface area contributed by atoms with Crippen LogP contribution in [0.2, 0.25) is 0 Å². The molecule has 0 amide bonds. The standard InChI is InChI=1S/C12H13N3OS/c16-12(10-7-14-15-17-10)9-5-1-3-8-4-2-6-13-11(8)9/h2,4,6-7,9,12,16H,1,3,5H2. The molecule has 2 unspecified atom stereocenters. The van der Waals surface area contributed by atoms with Crippen LogP contribution in [0.15, 0.2) is 24.5 Å². The summed E-state index contributed by atoms with van der Waals surface area (Å²) in [6.45, 7) is 0. The number of pyridine rings is 1. The fourth-order valence-electron chi connectivity index (χ4n) is 2.46. The maximum Gasteiger partial charge on any atom is 0.0997 e. The van der Waals surface area contributed by atoms with Crippen molar-refractivity contribution in [2.24, 2.45) is 0 Å². The molecule has 0 radical (unpaired) electrons. The second-order valence-electron chi connectivity index (χ2n) is 4.31. The van der Waals surface area contributed by atoms with Gasteiger partial charge in [0.25, 0.3) is 0 Å². The summed E-state index contributed by atoms with van der Waals surface area (Å²) in [7, 11) is 0. The Balaban J connectivity index is 1.95. The number of hydrogen-bond acceptors (Lipinski definition) is 5. The van der Waals surface area contributed by atoms with Crippen molar-refractivity contribution in [2.45, 2.75) is 31.3 Å². The molecule has 0 saturated heterocycles. The Morgan fingerprint density at radius 1 is 1.47 bits per heavy atom. The third-order valence-electron chi connectivity index (χ3n) is 3.29. The maximum atomic E-state index is 10.4. The van der Waals surface area contributed by atoms with Gasteiger partial charge in [-0.2, -0.15) is 0 Å². The van der Waals surface area contributed by atoms with E-state index in [0.717, 1.165) is 29.8 Å². The van der Waals surface area contributed by atoms with Crippen LogP contribution in [-0.4, -0.2) is 19.7 Å². The van der Waals surface area contributed by atoms with Gasteiger partial charge in [0.05, 0.1) is 17.2 Å². The third kappa shape index (κ3) is 1.96. The van der Waals surface area contributed by atoms with Crippen LogP contribution in [0.1, 0.15) is 41.0 Å². The monoisotopic (exact) mass is 247 g/mol. The van der Waals surface area contributed by atoms with Crippen molar-refractivity contribution in [2.75, 3.05) is 0 Å². The highest BCUT2D eigenvalue weighted by Gasteiger charge is 2.29. The van der Waals surface area contributed by atoms with Gasteiger partial charge in [-0.1, -0.05) is 10.6 Å². The number of aromatic nitrogens is 3. The van der Waals surface area contributed by atoms with Crippen LogP contribution >= 0.6 is 11.5 Å². The first-order valence-corrected chi connectivity index (χ1v) is 6.52. The van der Waals surface area contributed by atoms with Crippen LogP contribution in [0, 0.1) is 0 Å². The summed E-state index contributed by atoms with van der Waals surface area (Å²) in [5.41, 5.74) is 2.31. The Kier molecular flexibility index (Phi) is 2.86. The normalized spacial score (nSPS) is 20.9. The first-order chi connectivity index (χ1) is 8.36. The molecule has 0 fully saturated rings. The molecule has 0 bridgehead atoms. The zero-order chi connectivity index (χ0) is 11.7. The minimum Gasteiger partial charge on any atom is -0.387 e. The molecule has 1 aliphatic carbocycles. The van der Waals surface area contributed by atoms with Gasteiger partial charge in [-0.3, -0.25) is 4.98 Å². The van der Waals surface area contributed by atoms with E-state index in [4.69, 9.17) is 0 Å². The van der Waals surface area contributed by atoms with Crippen molar-refractivity contribution in [1.29, 1.82) is 0 Å². The Morgan fingerprint density at radius 3 is 3.24 bits per heavy atom. The summed E-state index contributed by atoms with van der Waals surface area (Å²) in [5, 5.41) is 14.2. The summed E-state index contributed by atoms with van der Waals surface area (Å²) in [5.74, 6) is 0.0854. The van der Waals surface area contributed by atoms with Gasteiger partial charge in [-0.15, -0.1) is 5.10 Å². The van der Waals surface area contributed by atoms with Gasteiger partial charge in [0.2, 0.25) is 0 Å². The van der Waals surface area contributed by atoms with E-state index in [1.807, 2.05) is 6.07 Å². The second kappa shape index (κ2) is 4.50.